The van der Waals surface area contributed by atoms with Crippen LogP contribution >= 0.6 is 15.9 Å². The molecule has 20 heavy (non-hydrogen) atoms. The minimum absolute atomic E-state index is 0.147. The van der Waals surface area contributed by atoms with Crippen LogP contribution in [0.4, 0.5) is 15.8 Å². The van der Waals surface area contributed by atoms with E-state index in [2.05, 4.69) is 31.4 Å². The molecule has 5 nitrogen and oxygen atoms in total. The van der Waals surface area contributed by atoms with Crippen molar-refractivity contribution in [2.75, 3.05) is 11.1 Å². The Labute approximate surface area is 123 Å². The van der Waals surface area contributed by atoms with Crippen molar-refractivity contribution >= 4 is 33.2 Å². The molecule has 0 aliphatic heterocycles. The number of carbonyl (C=O) groups is 1. The zero-order chi connectivity index (χ0) is 14.7. The minimum atomic E-state index is -0.431. The molecule has 1 aromatic heterocycles. The first-order valence-electron chi connectivity index (χ1n) is 6.12. The summed E-state index contributed by atoms with van der Waals surface area (Å²) in [6, 6.07) is 4.20. The number of carbonyl (C=O) groups excluding carboxylic acids is 1. The molecule has 0 spiro atoms. The maximum atomic E-state index is 13.1. The largest absolute Gasteiger partial charge is 0.395 e. The van der Waals surface area contributed by atoms with Gasteiger partial charge in [-0.15, -0.1) is 0 Å². The fourth-order valence-corrected chi connectivity index (χ4v) is 2.14. The first-order chi connectivity index (χ1) is 9.52. The SMILES string of the molecule is CCCc1[nH]nc(C(=O)Nc2ccc(F)c(Br)c2)c1N. The molecule has 0 saturated heterocycles. The molecule has 1 aromatic carbocycles. The van der Waals surface area contributed by atoms with E-state index in [1.807, 2.05) is 6.92 Å². The molecule has 0 aliphatic carbocycles. The zero-order valence-electron chi connectivity index (χ0n) is 10.8. The predicted octanol–water partition coefficient (Wildman–Crippen LogP) is 3.10. The van der Waals surface area contributed by atoms with Crippen molar-refractivity contribution < 1.29 is 9.18 Å². The van der Waals surface area contributed by atoms with Gasteiger partial charge in [0.25, 0.3) is 5.91 Å². The quantitative estimate of drug-likeness (QED) is 0.799. The van der Waals surface area contributed by atoms with Gasteiger partial charge in [0.15, 0.2) is 5.69 Å². The zero-order valence-corrected chi connectivity index (χ0v) is 12.4. The van der Waals surface area contributed by atoms with E-state index in [1.165, 1.54) is 18.2 Å². The van der Waals surface area contributed by atoms with Crippen LogP contribution in [0.25, 0.3) is 0 Å². The number of halogens is 2. The number of H-pyrrole nitrogens is 1. The van der Waals surface area contributed by atoms with Crippen LogP contribution in [0, 0.1) is 5.82 Å². The number of nitrogens with zero attached hydrogens (tertiary/aromatic N) is 1. The van der Waals surface area contributed by atoms with Crippen molar-refractivity contribution in [2.24, 2.45) is 0 Å². The molecule has 4 N–H and O–H groups in total. The third-order valence-corrected chi connectivity index (χ3v) is 3.38. The Balaban J connectivity index is 2.17. The lowest BCUT2D eigenvalue weighted by atomic mass is 10.2. The van der Waals surface area contributed by atoms with E-state index < -0.39 is 11.7 Å². The summed E-state index contributed by atoms with van der Waals surface area (Å²) in [5.74, 6) is -0.827. The van der Waals surface area contributed by atoms with Crippen LogP contribution in [0.1, 0.15) is 29.5 Å². The van der Waals surface area contributed by atoms with Crippen molar-refractivity contribution in [2.45, 2.75) is 19.8 Å². The van der Waals surface area contributed by atoms with E-state index in [0.717, 1.165) is 18.5 Å². The number of aromatic amines is 1. The summed E-state index contributed by atoms with van der Waals surface area (Å²) in [7, 11) is 0. The van der Waals surface area contributed by atoms with E-state index in [-0.39, 0.29) is 10.2 Å². The summed E-state index contributed by atoms with van der Waals surface area (Å²) in [5.41, 5.74) is 7.58. The highest BCUT2D eigenvalue weighted by Crippen LogP contribution is 2.22. The van der Waals surface area contributed by atoms with Gasteiger partial charge in [-0.2, -0.15) is 5.10 Å². The van der Waals surface area contributed by atoms with Crippen LogP contribution in [0.3, 0.4) is 0 Å². The topological polar surface area (TPSA) is 83.8 Å². The molecular formula is C13H14BrFN4O. The summed E-state index contributed by atoms with van der Waals surface area (Å²) >= 11 is 3.06. The molecule has 0 aliphatic rings. The lowest BCUT2D eigenvalue weighted by molar-refractivity contribution is 0.102. The Morgan fingerprint density at radius 2 is 2.30 bits per heavy atom. The predicted molar refractivity (Wildman–Crippen MR) is 79.0 cm³/mol. The number of anilines is 2. The van der Waals surface area contributed by atoms with Gasteiger partial charge >= 0.3 is 0 Å². The molecule has 1 amide bonds. The summed E-state index contributed by atoms with van der Waals surface area (Å²) in [6.07, 6.45) is 1.63. The smallest absolute Gasteiger partial charge is 0.278 e. The number of hydrogen-bond donors (Lipinski definition) is 3. The fraction of sp³-hybridized carbons (Fsp3) is 0.231. The molecule has 2 rings (SSSR count). The van der Waals surface area contributed by atoms with Gasteiger partial charge < -0.3 is 11.1 Å². The molecule has 0 atom stereocenters. The Kier molecular flexibility index (Phi) is 4.39. The highest BCUT2D eigenvalue weighted by molar-refractivity contribution is 9.10. The van der Waals surface area contributed by atoms with E-state index in [1.54, 1.807) is 0 Å². The molecule has 1 heterocycles. The van der Waals surface area contributed by atoms with E-state index in [0.29, 0.717) is 11.4 Å². The van der Waals surface area contributed by atoms with Gasteiger partial charge in [0.2, 0.25) is 0 Å². The van der Waals surface area contributed by atoms with Crippen LogP contribution < -0.4 is 11.1 Å². The molecule has 7 heteroatoms. The lowest BCUT2D eigenvalue weighted by Gasteiger charge is -2.05. The van der Waals surface area contributed by atoms with Crippen molar-refractivity contribution in [3.63, 3.8) is 0 Å². The second-order valence-electron chi connectivity index (χ2n) is 4.30. The minimum Gasteiger partial charge on any atom is -0.395 e. The Morgan fingerprint density at radius 3 is 2.95 bits per heavy atom. The van der Waals surface area contributed by atoms with Crippen LogP contribution in [-0.2, 0) is 6.42 Å². The Bertz CT molecular complexity index is 641. The van der Waals surface area contributed by atoms with Crippen molar-refractivity contribution in [3.05, 3.63) is 39.9 Å². The van der Waals surface area contributed by atoms with Gasteiger partial charge in [-0.3, -0.25) is 9.89 Å². The number of benzene rings is 1. The van der Waals surface area contributed by atoms with Gasteiger partial charge in [-0.1, -0.05) is 13.3 Å². The maximum Gasteiger partial charge on any atom is 0.278 e. The summed E-state index contributed by atoms with van der Waals surface area (Å²) in [4.78, 5) is 12.1. The summed E-state index contributed by atoms with van der Waals surface area (Å²) in [6.45, 7) is 2.01. The number of nitrogens with one attached hydrogen (secondary N) is 2. The second-order valence-corrected chi connectivity index (χ2v) is 5.15. The van der Waals surface area contributed by atoms with Gasteiger partial charge in [0.1, 0.15) is 5.82 Å². The molecular weight excluding hydrogens is 327 g/mol. The van der Waals surface area contributed by atoms with Crippen LogP contribution in [-0.4, -0.2) is 16.1 Å². The lowest BCUT2D eigenvalue weighted by Crippen LogP contribution is -2.14. The first kappa shape index (κ1) is 14.5. The molecule has 0 fully saturated rings. The number of hydrogen-bond acceptors (Lipinski definition) is 3. The fourth-order valence-electron chi connectivity index (χ4n) is 1.76. The standard InChI is InChI=1S/C13H14BrFN4O/c1-2-3-10-11(16)12(19-18-10)13(20)17-7-4-5-9(15)8(14)6-7/h4-6H,2-3,16H2,1H3,(H,17,20)(H,18,19). The number of amides is 1. The van der Waals surface area contributed by atoms with Gasteiger partial charge in [-0.25, -0.2) is 4.39 Å². The van der Waals surface area contributed by atoms with Crippen LogP contribution in [0.2, 0.25) is 0 Å². The molecule has 0 radical (unpaired) electrons. The monoisotopic (exact) mass is 340 g/mol. The van der Waals surface area contributed by atoms with Crippen molar-refractivity contribution in [1.29, 1.82) is 0 Å². The number of aryl methyl sites for hydroxylation is 1. The first-order valence-corrected chi connectivity index (χ1v) is 6.91. The molecule has 106 valence electrons. The van der Waals surface area contributed by atoms with Crippen molar-refractivity contribution in [3.8, 4) is 0 Å². The molecule has 0 unspecified atom stereocenters. The van der Waals surface area contributed by atoms with Gasteiger partial charge in [0.05, 0.1) is 15.9 Å². The number of nitrogen functional groups attached to an aromatic ring is 1. The van der Waals surface area contributed by atoms with Crippen LogP contribution in [0.5, 0.6) is 0 Å². The van der Waals surface area contributed by atoms with E-state index in [9.17, 15) is 9.18 Å². The maximum absolute atomic E-state index is 13.1. The highest BCUT2D eigenvalue weighted by atomic mass is 79.9. The highest BCUT2D eigenvalue weighted by Gasteiger charge is 2.17. The third-order valence-electron chi connectivity index (χ3n) is 2.78. The molecule has 0 saturated carbocycles. The van der Waals surface area contributed by atoms with Crippen LogP contribution in [0.15, 0.2) is 22.7 Å². The summed E-state index contributed by atoms with van der Waals surface area (Å²) in [5, 5.41) is 9.30. The van der Waals surface area contributed by atoms with E-state index >= 15 is 0 Å². The van der Waals surface area contributed by atoms with Gasteiger partial charge in [0, 0.05) is 5.69 Å². The van der Waals surface area contributed by atoms with Crippen molar-refractivity contribution in [1.82, 2.24) is 10.2 Å². The number of aromatic nitrogens is 2. The normalized spacial score (nSPS) is 10.6. The third kappa shape index (κ3) is 2.98. The number of nitrogens with two attached hydrogens (primary N) is 1. The molecule has 2 aromatic rings. The van der Waals surface area contributed by atoms with Gasteiger partial charge in [-0.05, 0) is 40.5 Å². The average Bonchev–Trinajstić information content (AvgIpc) is 2.76. The Morgan fingerprint density at radius 1 is 1.55 bits per heavy atom. The van der Waals surface area contributed by atoms with E-state index in [4.69, 9.17) is 5.73 Å². The summed E-state index contributed by atoms with van der Waals surface area (Å²) < 4.78 is 13.4. The second kappa shape index (κ2) is 6.04. The average molecular weight is 341 g/mol. The molecule has 0 bridgehead atoms. The Hall–Kier alpha value is -1.89. The number of rotatable bonds is 4.